The third-order valence-corrected chi connectivity index (χ3v) is 2.67. The van der Waals surface area contributed by atoms with Gasteiger partial charge >= 0.3 is 7.82 Å². The van der Waals surface area contributed by atoms with E-state index >= 15 is 0 Å². The van der Waals surface area contributed by atoms with Crippen LogP contribution < -0.4 is 0 Å². The highest BCUT2D eigenvalue weighted by Gasteiger charge is 2.24. The van der Waals surface area contributed by atoms with E-state index in [2.05, 4.69) is 9.05 Å². The molecule has 0 bridgehead atoms. The first-order chi connectivity index (χ1) is 6.91. The Bertz CT molecular complexity index is 197. The molecule has 0 aromatic heterocycles. The fourth-order valence-corrected chi connectivity index (χ4v) is 1.40. The monoisotopic (exact) mass is 246 g/mol. The van der Waals surface area contributed by atoms with Gasteiger partial charge in [0.1, 0.15) is 12.3 Å². The highest BCUT2D eigenvalue weighted by molar-refractivity contribution is 7.47. The normalized spacial score (nSPS) is 19.5. The maximum Gasteiger partial charge on any atom is 0.472 e. The van der Waals surface area contributed by atoms with Crippen LogP contribution >= 0.6 is 7.82 Å². The van der Waals surface area contributed by atoms with Crippen molar-refractivity contribution in [1.82, 2.24) is 0 Å². The molecule has 0 spiro atoms. The van der Waals surface area contributed by atoms with E-state index in [1.165, 1.54) is 0 Å². The van der Waals surface area contributed by atoms with Crippen molar-refractivity contribution in [3.8, 4) is 0 Å². The van der Waals surface area contributed by atoms with Gasteiger partial charge in [-0.1, -0.05) is 13.8 Å². The molecule has 2 atom stereocenters. The Labute approximate surface area is 88.2 Å². The average molecular weight is 246 g/mol. The zero-order valence-electron chi connectivity index (χ0n) is 8.86. The van der Waals surface area contributed by atoms with Gasteiger partial charge in [0.25, 0.3) is 0 Å². The Morgan fingerprint density at radius 2 is 1.47 bits per heavy atom. The summed E-state index contributed by atoms with van der Waals surface area (Å²) in [5.74, 6) is 0. The summed E-state index contributed by atoms with van der Waals surface area (Å²) in [6.45, 7) is 2.11. The number of hydrogen-bond acceptors (Lipinski definition) is 3. The summed E-state index contributed by atoms with van der Waals surface area (Å²) in [4.78, 5) is 8.98. The SMILES string of the molecule is CCC(F)COP(=O)(O)OCC(F)CC. The molecule has 1 N–H and O–H groups in total. The van der Waals surface area contributed by atoms with Gasteiger partial charge in [-0.15, -0.1) is 0 Å². The van der Waals surface area contributed by atoms with Crippen LogP contribution in [-0.2, 0) is 13.6 Å². The van der Waals surface area contributed by atoms with Crippen molar-refractivity contribution in [3.63, 3.8) is 0 Å². The molecule has 0 aliphatic rings. The minimum atomic E-state index is -4.31. The van der Waals surface area contributed by atoms with Crippen molar-refractivity contribution < 1.29 is 27.3 Å². The highest BCUT2D eigenvalue weighted by atomic mass is 31.2. The third-order valence-electron chi connectivity index (χ3n) is 1.72. The summed E-state index contributed by atoms with van der Waals surface area (Å²) in [5, 5.41) is 0. The van der Waals surface area contributed by atoms with Crippen molar-refractivity contribution in [2.24, 2.45) is 0 Å². The number of phosphoric acid groups is 1. The van der Waals surface area contributed by atoms with E-state index in [9.17, 15) is 13.3 Å². The second-order valence-corrected chi connectivity index (χ2v) is 4.52. The molecule has 2 unspecified atom stereocenters. The molecule has 0 amide bonds. The van der Waals surface area contributed by atoms with Gasteiger partial charge in [-0.2, -0.15) is 0 Å². The van der Waals surface area contributed by atoms with Crippen LogP contribution in [0.15, 0.2) is 0 Å². The Balaban J connectivity index is 3.81. The van der Waals surface area contributed by atoms with E-state index in [0.717, 1.165) is 0 Å². The van der Waals surface area contributed by atoms with Gasteiger partial charge < -0.3 is 4.89 Å². The first-order valence-electron chi connectivity index (χ1n) is 4.81. The van der Waals surface area contributed by atoms with Gasteiger partial charge in [-0.3, -0.25) is 9.05 Å². The fraction of sp³-hybridized carbons (Fsp3) is 1.00. The smallest absolute Gasteiger partial charge is 0.302 e. The lowest BCUT2D eigenvalue weighted by Gasteiger charge is -2.14. The van der Waals surface area contributed by atoms with Gasteiger partial charge in [0, 0.05) is 0 Å². The van der Waals surface area contributed by atoms with Crippen LogP contribution in [0.25, 0.3) is 0 Å². The molecule has 92 valence electrons. The summed E-state index contributed by atoms with van der Waals surface area (Å²) < 4.78 is 45.0. The number of phosphoric ester groups is 1. The maximum atomic E-state index is 12.6. The molecule has 0 aromatic rings. The van der Waals surface area contributed by atoms with Crippen molar-refractivity contribution in [2.75, 3.05) is 13.2 Å². The molecule has 0 heterocycles. The van der Waals surface area contributed by atoms with Crippen molar-refractivity contribution in [1.29, 1.82) is 0 Å². The molecule has 0 aliphatic heterocycles. The Hall–Kier alpha value is -0.0300. The van der Waals surface area contributed by atoms with E-state index < -0.39 is 33.4 Å². The summed E-state index contributed by atoms with van der Waals surface area (Å²) in [7, 11) is -4.31. The van der Waals surface area contributed by atoms with Crippen LogP contribution in [-0.4, -0.2) is 30.5 Å². The summed E-state index contributed by atoms with van der Waals surface area (Å²) >= 11 is 0. The Morgan fingerprint density at radius 1 is 1.13 bits per heavy atom. The lowest BCUT2D eigenvalue weighted by Crippen LogP contribution is -2.12. The van der Waals surface area contributed by atoms with Gasteiger partial charge in [0.2, 0.25) is 0 Å². The van der Waals surface area contributed by atoms with Crippen molar-refractivity contribution in [3.05, 3.63) is 0 Å². The van der Waals surface area contributed by atoms with E-state index in [0.29, 0.717) is 0 Å². The minimum absolute atomic E-state index is 0.181. The number of alkyl halides is 2. The fourth-order valence-electron chi connectivity index (χ4n) is 0.623. The standard InChI is InChI=1S/C8H17F2O4P/c1-3-7(9)5-13-15(11,12)14-6-8(10)4-2/h7-8H,3-6H2,1-2H3,(H,11,12). The molecule has 0 saturated carbocycles. The van der Waals surface area contributed by atoms with Crippen molar-refractivity contribution in [2.45, 2.75) is 39.0 Å². The quantitative estimate of drug-likeness (QED) is 0.669. The van der Waals surface area contributed by atoms with Crippen LogP contribution in [0.2, 0.25) is 0 Å². The van der Waals surface area contributed by atoms with Crippen LogP contribution in [0.5, 0.6) is 0 Å². The molecule has 15 heavy (non-hydrogen) atoms. The minimum Gasteiger partial charge on any atom is -0.302 e. The molecule has 0 fully saturated rings. The average Bonchev–Trinajstić information content (AvgIpc) is 2.22. The molecule has 0 radical (unpaired) electrons. The van der Waals surface area contributed by atoms with E-state index in [1.807, 2.05) is 0 Å². The predicted molar refractivity (Wildman–Crippen MR) is 52.1 cm³/mol. The Morgan fingerprint density at radius 3 is 1.73 bits per heavy atom. The molecule has 0 aliphatic carbocycles. The second-order valence-electron chi connectivity index (χ2n) is 3.07. The first-order valence-corrected chi connectivity index (χ1v) is 6.30. The molecular weight excluding hydrogens is 229 g/mol. The zero-order valence-corrected chi connectivity index (χ0v) is 9.75. The van der Waals surface area contributed by atoms with E-state index in [-0.39, 0.29) is 12.8 Å². The highest BCUT2D eigenvalue weighted by Crippen LogP contribution is 2.43. The van der Waals surface area contributed by atoms with Gasteiger partial charge in [0.05, 0.1) is 13.2 Å². The Kier molecular flexibility index (Phi) is 7.26. The number of hydrogen-bond donors (Lipinski definition) is 1. The molecule has 0 aromatic carbocycles. The number of halogens is 2. The summed E-state index contributed by atoms with van der Waals surface area (Å²) in [6.07, 6.45) is -2.27. The van der Waals surface area contributed by atoms with Crippen molar-refractivity contribution >= 4 is 7.82 Å². The molecule has 0 rings (SSSR count). The second kappa shape index (κ2) is 7.28. The van der Waals surface area contributed by atoms with Crippen LogP contribution in [0.4, 0.5) is 8.78 Å². The van der Waals surface area contributed by atoms with Crippen LogP contribution in [0.3, 0.4) is 0 Å². The largest absolute Gasteiger partial charge is 0.472 e. The maximum absolute atomic E-state index is 12.6. The van der Waals surface area contributed by atoms with E-state index in [1.54, 1.807) is 13.8 Å². The van der Waals surface area contributed by atoms with Gasteiger partial charge in [0.15, 0.2) is 0 Å². The first kappa shape index (κ1) is 15.0. The summed E-state index contributed by atoms with van der Waals surface area (Å²) in [6, 6.07) is 0. The van der Waals surface area contributed by atoms with E-state index in [4.69, 9.17) is 4.89 Å². The van der Waals surface area contributed by atoms with Gasteiger partial charge in [-0.25, -0.2) is 13.3 Å². The van der Waals surface area contributed by atoms with Crippen LogP contribution in [0, 0.1) is 0 Å². The number of rotatable bonds is 8. The topological polar surface area (TPSA) is 55.8 Å². The third kappa shape index (κ3) is 7.85. The molecule has 4 nitrogen and oxygen atoms in total. The zero-order chi connectivity index (χ0) is 11.9. The predicted octanol–water partition coefficient (Wildman–Crippen LogP) is 2.62. The summed E-state index contributed by atoms with van der Waals surface area (Å²) in [5.41, 5.74) is 0. The van der Waals surface area contributed by atoms with Crippen LogP contribution in [0.1, 0.15) is 26.7 Å². The lowest BCUT2D eigenvalue weighted by atomic mass is 10.3. The van der Waals surface area contributed by atoms with Gasteiger partial charge in [-0.05, 0) is 12.8 Å². The lowest BCUT2D eigenvalue weighted by molar-refractivity contribution is 0.0943. The molecule has 0 saturated heterocycles. The molecular formula is C8H17F2O4P. The molecule has 7 heteroatoms.